The van der Waals surface area contributed by atoms with Gasteiger partial charge in [0.15, 0.2) is 5.96 Å². The minimum Gasteiger partial charge on any atom is -0.357 e. The zero-order valence-electron chi connectivity index (χ0n) is 17.3. The van der Waals surface area contributed by atoms with E-state index >= 15 is 0 Å². The predicted molar refractivity (Wildman–Crippen MR) is 117 cm³/mol. The minimum atomic E-state index is -3.39. The summed E-state index contributed by atoms with van der Waals surface area (Å²) in [6, 6.07) is 13.5. The van der Waals surface area contributed by atoms with E-state index in [0.717, 1.165) is 30.5 Å². The van der Waals surface area contributed by atoms with Crippen LogP contribution in [-0.2, 0) is 23.0 Å². The summed E-state index contributed by atoms with van der Waals surface area (Å²) in [6.07, 6.45) is 2.53. The highest BCUT2D eigenvalue weighted by atomic mass is 32.2. The topological polar surface area (TPSA) is 73.8 Å². The lowest BCUT2D eigenvalue weighted by molar-refractivity contribution is 0.477. The van der Waals surface area contributed by atoms with Crippen molar-refractivity contribution in [3.8, 4) is 0 Å². The second kappa shape index (κ2) is 10.5. The van der Waals surface area contributed by atoms with Crippen LogP contribution in [0.5, 0.6) is 0 Å². The van der Waals surface area contributed by atoms with E-state index in [2.05, 4.69) is 15.6 Å². The van der Waals surface area contributed by atoms with Crippen LogP contribution in [0.1, 0.15) is 30.9 Å². The van der Waals surface area contributed by atoms with Crippen LogP contribution < -0.4 is 10.6 Å². The van der Waals surface area contributed by atoms with Crippen LogP contribution in [0, 0.1) is 5.82 Å². The molecule has 1 aliphatic rings. The summed E-state index contributed by atoms with van der Waals surface area (Å²) in [5.41, 5.74) is 1.85. The molecule has 0 atom stereocenters. The average Bonchev–Trinajstić information content (AvgIpc) is 3.28. The molecule has 0 aliphatic carbocycles. The number of nitrogens with zero attached hydrogens (tertiary/aromatic N) is 2. The Kier molecular flexibility index (Phi) is 7.81. The molecule has 6 nitrogen and oxygen atoms in total. The van der Waals surface area contributed by atoms with E-state index in [1.807, 2.05) is 25.1 Å². The first-order valence-electron chi connectivity index (χ1n) is 10.3. The number of hydrogen-bond donors (Lipinski definition) is 2. The molecule has 2 aromatic carbocycles. The number of guanidine groups is 1. The molecule has 30 heavy (non-hydrogen) atoms. The van der Waals surface area contributed by atoms with Crippen molar-refractivity contribution in [3.05, 3.63) is 65.5 Å². The monoisotopic (exact) mass is 432 g/mol. The summed E-state index contributed by atoms with van der Waals surface area (Å²) < 4.78 is 40.0. The normalized spacial score (nSPS) is 15.3. The van der Waals surface area contributed by atoms with Crippen molar-refractivity contribution in [2.45, 2.75) is 37.6 Å². The zero-order chi connectivity index (χ0) is 21.4. The van der Waals surface area contributed by atoms with Gasteiger partial charge in [0, 0.05) is 26.2 Å². The fourth-order valence-electron chi connectivity index (χ4n) is 3.37. The lowest BCUT2D eigenvalue weighted by atomic mass is 10.1. The van der Waals surface area contributed by atoms with Crippen LogP contribution in [0.3, 0.4) is 0 Å². The summed E-state index contributed by atoms with van der Waals surface area (Å²) >= 11 is 0. The van der Waals surface area contributed by atoms with Crippen molar-refractivity contribution in [2.75, 3.05) is 26.2 Å². The Morgan fingerprint density at radius 2 is 1.80 bits per heavy atom. The molecule has 0 spiro atoms. The van der Waals surface area contributed by atoms with Crippen LogP contribution in [-0.4, -0.2) is 44.9 Å². The highest BCUT2D eigenvalue weighted by Gasteiger charge is 2.26. The SMILES string of the molecule is CCNC(=NCc1ccc(S(=O)(=O)N2CCCC2)cc1)NCCc1cccc(F)c1. The number of aliphatic imine (C=N–C) groups is 1. The third-order valence-electron chi connectivity index (χ3n) is 4.99. The van der Waals surface area contributed by atoms with Crippen molar-refractivity contribution < 1.29 is 12.8 Å². The van der Waals surface area contributed by atoms with Crippen molar-refractivity contribution in [1.29, 1.82) is 0 Å². The van der Waals surface area contributed by atoms with Gasteiger partial charge >= 0.3 is 0 Å². The molecule has 162 valence electrons. The van der Waals surface area contributed by atoms with Gasteiger partial charge in [-0.05, 0) is 61.6 Å². The maximum Gasteiger partial charge on any atom is 0.243 e. The second-order valence-corrected chi connectivity index (χ2v) is 9.19. The molecule has 1 aliphatic heterocycles. The van der Waals surface area contributed by atoms with E-state index in [-0.39, 0.29) is 5.82 Å². The highest BCUT2D eigenvalue weighted by Crippen LogP contribution is 2.21. The standard InChI is InChI=1S/C22H29FN4O2S/c1-2-24-22(25-13-12-18-6-5-7-20(23)16-18)26-17-19-8-10-21(11-9-19)30(28,29)27-14-3-4-15-27/h5-11,16H,2-4,12-15,17H2,1H3,(H2,24,25,26). The number of benzene rings is 2. The van der Waals surface area contributed by atoms with E-state index < -0.39 is 10.0 Å². The van der Waals surface area contributed by atoms with E-state index in [0.29, 0.717) is 43.5 Å². The lowest BCUT2D eigenvalue weighted by Crippen LogP contribution is -2.38. The summed E-state index contributed by atoms with van der Waals surface area (Å²) in [5, 5.41) is 6.43. The molecular weight excluding hydrogens is 403 g/mol. The van der Waals surface area contributed by atoms with Crippen LogP contribution in [0.25, 0.3) is 0 Å². The predicted octanol–water partition coefficient (Wildman–Crippen LogP) is 2.91. The average molecular weight is 433 g/mol. The van der Waals surface area contributed by atoms with Crippen molar-refractivity contribution in [3.63, 3.8) is 0 Å². The molecule has 0 aromatic heterocycles. The van der Waals surface area contributed by atoms with Gasteiger partial charge in [-0.1, -0.05) is 24.3 Å². The molecule has 0 saturated carbocycles. The van der Waals surface area contributed by atoms with Gasteiger partial charge < -0.3 is 10.6 Å². The van der Waals surface area contributed by atoms with Gasteiger partial charge in [-0.15, -0.1) is 0 Å². The number of rotatable bonds is 8. The Balaban J connectivity index is 1.57. The molecule has 1 heterocycles. The highest BCUT2D eigenvalue weighted by molar-refractivity contribution is 7.89. The van der Waals surface area contributed by atoms with Gasteiger partial charge in [0.05, 0.1) is 11.4 Å². The van der Waals surface area contributed by atoms with Gasteiger partial charge in [0.25, 0.3) is 0 Å². The van der Waals surface area contributed by atoms with Crippen molar-refractivity contribution >= 4 is 16.0 Å². The molecule has 8 heteroatoms. The molecule has 0 amide bonds. The Morgan fingerprint density at radius 3 is 2.47 bits per heavy atom. The smallest absolute Gasteiger partial charge is 0.243 e. The maximum absolute atomic E-state index is 13.3. The third-order valence-corrected chi connectivity index (χ3v) is 6.90. The minimum absolute atomic E-state index is 0.233. The molecule has 2 N–H and O–H groups in total. The Morgan fingerprint density at radius 1 is 1.07 bits per heavy atom. The number of halogens is 1. The van der Waals surface area contributed by atoms with Crippen molar-refractivity contribution in [1.82, 2.24) is 14.9 Å². The van der Waals surface area contributed by atoms with E-state index in [9.17, 15) is 12.8 Å². The van der Waals surface area contributed by atoms with Crippen LogP contribution >= 0.6 is 0 Å². The molecule has 0 bridgehead atoms. The van der Waals surface area contributed by atoms with E-state index in [4.69, 9.17) is 0 Å². The fraction of sp³-hybridized carbons (Fsp3) is 0.409. The molecular formula is C22H29FN4O2S. The molecule has 1 fully saturated rings. The van der Waals surface area contributed by atoms with Gasteiger partial charge in [-0.3, -0.25) is 0 Å². The molecule has 0 unspecified atom stereocenters. The first kappa shape index (κ1) is 22.2. The van der Waals surface area contributed by atoms with Gasteiger partial charge in [0.1, 0.15) is 5.82 Å². The van der Waals surface area contributed by atoms with Crippen LogP contribution in [0.15, 0.2) is 58.4 Å². The van der Waals surface area contributed by atoms with Gasteiger partial charge in [0.2, 0.25) is 10.0 Å². The van der Waals surface area contributed by atoms with Crippen LogP contribution in [0.4, 0.5) is 4.39 Å². The third kappa shape index (κ3) is 6.03. The summed E-state index contributed by atoms with van der Waals surface area (Å²) in [6.45, 7) is 4.96. The Labute approximate surface area is 178 Å². The summed E-state index contributed by atoms with van der Waals surface area (Å²) in [7, 11) is -3.39. The molecule has 1 saturated heterocycles. The molecule has 2 aromatic rings. The number of sulfonamides is 1. The lowest BCUT2D eigenvalue weighted by Gasteiger charge is -2.15. The van der Waals surface area contributed by atoms with E-state index in [1.54, 1.807) is 22.5 Å². The quantitative estimate of drug-likeness (QED) is 0.497. The summed E-state index contributed by atoms with van der Waals surface area (Å²) in [4.78, 5) is 4.89. The largest absolute Gasteiger partial charge is 0.357 e. The first-order chi connectivity index (χ1) is 14.5. The number of nitrogens with one attached hydrogen (secondary N) is 2. The zero-order valence-corrected chi connectivity index (χ0v) is 18.1. The fourth-order valence-corrected chi connectivity index (χ4v) is 4.89. The van der Waals surface area contributed by atoms with Crippen LogP contribution in [0.2, 0.25) is 0 Å². The van der Waals surface area contributed by atoms with Gasteiger partial charge in [-0.2, -0.15) is 4.31 Å². The van der Waals surface area contributed by atoms with Crippen molar-refractivity contribution in [2.24, 2.45) is 4.99 Å². The molecule has 0 radical (unpaired) electrons. The maximum atomic E-state index is 13.3. The Bertz CT molecular complexity index is 955. The Hall–Kier alpha value is -2.45. The second-order valence-electron chi connectivity index (χ2n) is 7.26. The first-order valence-corrected chi connectivity index (χ1v) is 11.8. The number of hydrogen-bond acceptors (Lipinski definition) is 3. The molecule has 3 rings (SSSR count). The van der Waals surface area contributed by atoms with Gasteiger partial charge in [-0.25, -0.2) is 17.8 Å². The summed E-state index contributed by atoms with van der Waals surface area (Å²) in [5.74, 6) is 0.436. The van der Waals surface area contributed by atoms with E-state index in [1.165, 1.54) is 12.1 Å².